The second-order valence-electron chi connectivity index (χ2n) is 4.47. The highest BCUT2D eigenvalue weighted by Gasteiger charge is 2.11. The van der Waals surface area contributed by atoms with Crippen molar-refractivity contribution < 1.29 is 13.5 Å². The number of hydrogen-bond donors (Lipinski definition) is 2. The molecule has 0 radical (unpaired) electrons. The van der Waals surface area contributed by atoms with Gasteiger partial charge in [0.2, 0.25) is 0 Å². The molecule has 0 fully saturated rings. The second-order valence-corrected chi connectivity index (χ2v) is 5.39. The number of halogens is 3. The lowest BCUT2D eigenvalue weighted by molar-refractivity contribution is 0.319. The summed E-state index contributed by atoms with van der Waals surface area (Å²) in [5.41, 5.74) is 6.55. The van der Waals surface area contributed by atoms with Crippen molar-refractivity contribution >= 4 is 33.0 Å². The first-order valence-corrected chi connectivity index (χ1v) is 7.24. The van der Waals surface area contributed by atoms with E-state index in [4.69, 9.17) is 10.5 Å². The van der Waals surface area contributed by atoms with Crippen LogP contribution in [0.25, 0.3) is 0 Å². The lowest BCUT2D eigenvalue weighted by Crippen LogP contribution is -2.02. The normalized spacial score (nSPS) is 10.5. The molecular weight excluding hydrogens is 342 g/mol. The van der Waals surface area contributed by atoms with Gasteiger partial charge in [-0.05, 0) is 30.7 Å². The molecule has 0 heterocycles. The number of nitrogen functional groups attached to an aromatic ring is 1. The monoisotopic (exact) mass is 356 g/mol. The summed E-state index contributed by atoms with van der Waals surface area (Å²) in [5, 5.41) is 2.71. The van der Waals surface area contributed by atoms with Crippen LogP contribution in [-0.2, 0) is 0 Å². The molecule has 0 saturated heterocycles. The van der Waals surface area contributed by atoms with E-state index in [2.05, 4.69) is 21.2 Å². The van der Waals surface area contributed by atoms with Crippen LogP contribution in [0.15, 0.2) is 34.8 Å². The molecule has 21 heavy (non-hydrogen) atoms. The van der Waals surface area contributed by atoms with Crippen LogP contribution in [-0.4, -0.2) is 6.61 Å². The molecule has 2 rings (SSSR count). The maximum atomic E-state index is 13.8. The minimum atomic E-state index is -0.685. The van der Waals surface area contributed by atoms with Crippen LogP contribution >= 0.6 is 15.9 Å². The van der Waals surface area contributed by atoms with E-state index in [1.165, 1.54) is 12.1 Å². The number of nitrogens with two attached hydrogens (primary N) is 1. The number of ether oxygens (including phenoxy) is 1. The Balaban J connectivity index is 2.28. The summed E-state index contributed by atoms with van der Waals surface area (Å²) < 4.78 is 33.4. The zero-order valence-electron chi connectivity index (χ0n) is 11.4. The molecule has 0 aliphatic carbocycles. The average Bonchev–Trinajstić information content (AvgIpc) is 2.43. The van der Waals surface area contributed by atoms with E-state index in [9.17, 15) is 8.78 Å². The molecule has 0 aliphatic rings. The van der Waals surface area contributed by atoms with Crippen molar-refractivity contribution in [2.75, 3.05) is 17.7 Å². The third-order valence-corrected chi connectivity index (χ3v) is 3.21. The molecule has 3 nitrogen and oxygen atoms in total. The maximum Gasteiger partial charge on any atom is 0.150 e. The van der Waals surface area contributed by atoms with Crippen LogP contribution in [0.4, 0.5) is 25.8 Å². The molecule has 0 saturated carbocycles. The van der Waals surface area contributed by atoms with E-state index >= 15 is 0 Å². The lowest BCUT2D eigenvalue weighted by atomic mass is 10.2. The van der Waals surface area contributed by atoms with Crippen molar-refractivity contribution in [1.29, 1.82) is 0 Å². The van der Waals surface area contributed by atoms with Crippen LogP contribution in [0.2, 0.25) is 0 Å². The number of benzene rings is 2. The van der Waals surface area contributed by atoms with Crippen molar-refractivity contribution in [2.24, 2.45) is 0 Å². The van der Waals surface area contributed by atoms with Gasteiger partial charge in [0, 0.05) is 16.2 Å². The summed E-state index contributed by atoms with van der Waals surface area (Å²) in [6.07, 6.45) is 0.840. The first kappa shape index (κ1) is 15.6. The van der Waals surface area contributed by atoms with Gasteiger partial charge in [-0.3, -0.25) is 0 Å². The summed E-state index contributed by atoms with van der Waals surface area (Å²) in [7, 11) is 0. The Morgan fingerprint density at radius 1 is 1.19 bits per heavy atom. The standard InChI is InChI=1S/C15H15BrF2N2O/c1-2-5-21-14-8-10(3-4-13(14)19)20-15-11(17)6-9(16)7-12(15)18/h3-4,6-8,20H,2,5,19H2,1H3. The fraction of sp³-hybridized carbons (Fsp3) is 0.200. The van der Waals surface area contributed by atoms with Crippen LogP contribution in [0, 0.1) is 11.6 Å². The lowest BCUT2D eigenvalue weighted by Gasteiger charge is -2.13. The van der Waals surface area contributed by atoms with Crippen LogP contribution in [0.1, 0.15) is 13.3 Å². The Bertz CT molecular complexity index is 627. The van der Waals surface area contributed by atoms with E-state index < -0.39 is 11.6 Å². The van der Waals surface area contributed by atoms with Gasteiger partial charge in [0.1, 0.15) is 11.4 Å². The fourth-order valence-corrected chi connectivity index (χ4v) is 2.16. The smallest absolute Gasteiger partial charge is 0.150 e. The van der Waals surface area contributed by atoms with Crippen LogP contribution in [0.3, 0.4) is 0 Å². The third-order valence-electron chi connectivity index (χ3n) is 2.75. The van der Waals surface area contributed by atoms with E-state index in [1.54, 1.807) is 18.2 Å². The molecule has 0 spiro atoms. The van der Waals surface area contributed by atoms with Crippen molar-refractivity contribution in [2.45, 2.75) is 13.3 Å². The van der Waals surface area contributed by atoms with Crippen LogP contribution < -0.4 is 15.8 Å². The van der Waals surface area contributed by atoms with E-state index in [0.717, 1.165) is 6.42 Å². The highest BCUT2D eigenvalue weighted by Crippen LogP contribution is 2.30. The van der Waals surface area contributed by atoms with Gasteiger partial charge in [-0.1, -0.05) is 22.9 Å². The van der Waals surface area contributed by atoms with Gasteiger partial charge < -0.3 is 15.8 Å². The summed E-state index contributed by atoms with van der Waals surface area (Å²) in [5.74, 6) is -0.885. The first-order chi connectivity index (χ1) is 10.0. The minimum absolute atomic E-state index is 0.218. The molecule has 3 N–H and O–H groups in total. The Hall–Kier alpha value is -1.82. The molecule has 0 aromatic heterocycles. The molecular formula is C15H15BrF2N2O. The van der Waals surface area contributed by atoms with Gasteiger partial charge in [-0.15, -0.1) is 0 Å². The summed E-state index contributed by atoms with van der Waals surface area (Å²) >= 11 is 3.04. The number of hydrogen-bond acceptors (Lipinski definition) is 3. The Kier molecular flexibility index (Phi) is 5.01. The van der Waals surface area contributed by atoms with Gasteiger partial charge in [0.25, 0.3) is 0 Å². The van der Waals surface area contributed by atoms with Crippen LogP contribution in [0.5, 0.6) is 5.75 Å². The predicted molar refractivity (Wildman–Crippen MR) is 84.0 cm³/mol. The molecule has 0 bridgehead atoms. The van der Waals surface area contributed by atoms with Gasteiger partial charge in [0.15, 0.2) is 11.6 Å². The minimum Gasteiger partial charge on any atom is -0.491 e. The van der Waals surface area contributed by atoms with Crippen molar-refractivity contribution in [3.05, 3.63) is 46.4 Å². The Morgan fingerprint density at radius 2 is 1.86 bits per heavy atom. The largest absolute Gasteiger partial charge is 0.491 e. The summed E-state index contributed by atoms with van der Waals surface area (Å²) in [6.45, 7) is 2.50. The zero-order valence-corrected chi connectivity index (χ0v) is 13.0. The second kappa shape index (κ2) is 6.76. The zero-order chi connectivity index (χ0) is 15.4. The highest BCUT2D eigenvalue weighted by atomic mass is 79.9. The molecule has 0 unspecified atom stereocenters. The average molecular weight is 357 g/mol. The van der Waals surface area contributed by atoms with Gasteiger partial charge in [0.05, 0.1) is 12.3 Å². The number of nitrogens with one attached hydrogen (secondary N) is 1. The van der Waals surface area contributed by atoms with E-state index in [-0.39, 0.29) is 5.69 Å². The number of anilines is 3. The molecule has 0 amide bonds. The molecule has 2 aromatic carbocycles. The molecule has 112 valence electrons. The van der Waals surface area contributed by atoms with Gasteiger partial charge in [-0.25, -0.2) is 8.78 Å². The number of rotatable bonds is 5. The fourth-order valence-electron chi connectivity index (χ4n) is 1.76. The molecule has 0 aliphatic heterocycles. The molecule has 6 heteroatoms. The SMILES string of the molecule is CCCOc1cc(Nc2c(F)cc(Br)cc2F)ccc1N. The Labute approximate surface area is 130 Å². The maximum absolute atomic E-state index is 13.8. The van der Waals surface area contributed by atoms with Gasteiger partial charge in [-0.2, -0.15) is 0 Å². The Morgan fingerprint density at radius 3 is 2.48 bits per heavy atom. The molecule has 0 atom stereocenters. The summed E-state index contributed by atoms with van der Waals surface area (Å²) in [4.78, 5) is 0. The van der Waals surface area contributed by atoms with E-state index in [0.29, 0.717) is 28.2 Å². The predicted octanol–water partition coefficient (Wildman–Crippen LogP) is 4.84. The van der Waals surface area contributed by atoms with Crippen molar-refractivity contribution in [1.82, 2.24) is 0 Å². The molecule has 2 aromatic rings. The first-order valence-electron chi connectivity index (χ1n) is 6.45. The van der Waals surface area contributed by atoms with Gasteiger partial charge >= 0.3 is 0 Å². The van der Waals surface area contributed by atoms with Crippen molar-refractivity contribution in [3.8, 4) is 5.75 Å². The topological polar surface area (TPSA) is 47.3 Å². The van der Waals surface area contributed by atoms with Crippen molar-refractivity contribution in [3.63, 3.8) is 0 Å². The van der Waals surface area contributed by atoms with E-state index in [1.807, 2.05) is 6.92 Å². The quantitative estimate of drug-likeness (QED) is 0.753. The third kappa shape index (κ3) is 3.85. The highest BCUT2D eigenvalue weighted by molar-refractivity contribution is 9.10. The summed E-state index contributed by atoms with van der Waals surface area (Å²) in [6, 6.07) is 7.26.